The Morgan fingerprint density at radius 1 is 1.53 bits per heavy atom. The lowest BCUT2D eigenvalue weighted by molar-refractivity contribution is -0.146. The summed E-state index contributed by atoms with van der Waals surface area (Å²) in [6.45, 7) is 1.79. The van der Waals surface area contributed by atoms with Gasteiger partial charge in [0.1, 0.15) is 0 Å². The molecule has 0 aliphatic heterocycles. The summed E-state index contributed by atoms with van der Waals surface area (Å²) in [5, 5.41) is 24.7. The topological polar surface area (TPSA) is 112 Å². The highest BCUT2D eigenvalue weighted by molar-refractivity contribution is 7.09. The summed E-state index contributed by atoms with van der Waals surface area (Å²) in [5.41, 5.74) is 0.737. The van der Waals surface area contributed by atoms with E-state index in [1.54, 1.807) is 0 Å². The third-order valence-electron chi connectivity index (χ3n) is 1.84. The van der Waals surface area contributed by atoms with E-state index in [1.165, 1.54) is 11.3 Å². The molecule has 0 aliphatic rings. The minimum Gasteiger partial charge on any atom is -0.479 e. The van der Waals surface area contributed by atoms with E-state index in [0.29, 0.717) is 0 Å². The number of hydrogen-bond acceptors (Lipinski definition) is 5. The molecule has 0 fully saturated rings. The number of urea groups is 1. The molecule has 1 atom stereocenters. The molecular weight excluding hydrogens is 246 g/mol. The highest BCUT2D eigenvalue weighted by atomic mass is 32.1. The van der Waals surface area contributed by atoms with Crippen molar-refractivity contribution in [2.45, 2.75) is 19.6 Å². The van der Waals surface area contributed by atoms with Gasteiger partial charge in [-0.1, -0.05) is 0 Å². The van der Waals surface area contributed by atoms with Crippen LogP contribution in [0.25, 0.3) is 0 Å². The average Bonchev–Trinajstić information content (AvgIpc) is 2.69. The van der Waals surface area contributed by atoms with Gasteiger partial charge in [-0.25, -0.2) is 14.6 Å². The van der Waals surface area contributed by atoms with Crippen molar-refractivity contribution in [2.75, 3.05) is 6.54 Å². The number of aromatic nitrogens is 1. The van der Waals surface area contributed by atoms with Crippen molar-refractivity contribution in [1.29, 1.82) is 0 Å². The van der Waals surface area contributed by atoms with Gasteiger partial charge in [0.15, 0.2) is 6.10 Å². The molecule has 94 valence electrons. The molecule has 1 unspecified atom stereocenters. The van der Waals surface area contributed by atoms with Gasteiger partial charge in [0.2, 0.25) is 0 Å². The van der Waals surface area contributed by atoms with Gasteiger partial charge < -0.3 is 20.8 Å². The van der Waals surface area contributed by atoms with Gasteiger partial charge >= 0.3 is 12.0 Å². The Morgan fingerprint density at radius 2 is 2.24 bits per heavy atom. The fraction of sp³-hybridized carbons (Fsp3) is 0.444. The second-order valence-electron chi connectivity index (χ2n) is 3.28. The lowest BCUT2D eigenvalue weighted by atomic mass is 10.3. The van der Waals surface area contributed by atoms with Crippen molar-refractivity contribution in [1.82, 2.24) is 15.6 Å². The Bertz CT molecular complexity index is 407. The van der Waals surface area contributed by atoms with Crippen molar-refractivity contribution in [3.63, 3.8) is 0 Å². The van der Waals surface area contributed by atoms with Crippen LogP contribution < -0.4 is 10.6 Å². The maximum Gasteiger partial charge on any atom is 0.334 e. The van der Waals surface area contributed by atoms with Crippen LogP contribution in [0.5, 0.6) is 0 Å². The van der Waals surface area contributed by atoms with Crippen molar-refractivity contribution >= 4 is 23.3 Å². The molecule has 1 heterocycles. The van der Waals surface area contributed by atoms with Crippen LogP contribution in [0.2, 0.25) is 0 Å². The minimum absolute atomic E-state index is 0.263. The van der Waals surface area contributed by atoms with Gasteiger partial charge in [-0.05, 0) is 6.92 Å². The second-order valence-corrected chi connectivity index (χ2v) is 4.34. The summed E-state index contributed by atoms with van der Waals surface area (Å²) in [7, 11) is 0. The number of carboxylic acids is 1. The summed E-state index contributed by atoms with van der Waals surface area (Å²) in [4.78, 5) is 25.6. The Hall–Kier alpha value is -1.67. The van der Waals surface area contributed by atoms with E-state index in [4.69, 9.17) is 10.2 Å². The molecule has 0 aromatic carbocycles. The first-order chi connectivity index (χ1) is 7.99. The third kappa shape index (κ3) is 4.79. The number of rotatable bonds is 5. The summed E-state index contributed by atoms with van der Waals surface area (Å²) in [5.74, 6) is -1.37. The van der Waals surface area contributed by atoms with Crippen LogP contribution in [-0.2, 0) is 11.3 Å². The number of carbonyl (C=O) groups is 2. The lowest BCUT2D eigenvalue weighted by Gasteiger charge is -2.08. The van der Waals surface area contributed by atoms with Crippen LogP contribution in [0.4, 0.5) is 4.79 Å². The number of aliphatic hydroxyl groups excluding tert-OH is 1. The Morgan fingerprint density at radius 3 is 2.76 bits per heavy atom. The number of nitrogens with zero attached hydrogens (tertiary/aromatic N) is 1. The van der Waals surface area contributed by atoms with Crippen LogP contribution in [0.1, 0.15) is 10.7 Å². The van der Waals surface area contributed by atoms with E-state index in [2.05, 4.69) is 15.6 Å². The first-order valence-electron chi connectivity index (χ1n) is 4.82. The number of hydrogen-bond donors (Lipinski definition) is 4. The molecule has 1 rings (SSSR count). The highest BCUT2D eigenvalue weighted by Crippen LogP contribution is 2.06. The summed E-state index contributed by atoms with van der Waals surface area (Å²) >= 11 is 1.48. The average molecular weight is 259 g/mol. The number of nitrogens with one attached hydrogen (secondary N) is 2. The zero-order valence-corrected chi connectivity index (χ0v) is 9.95. The molecule has 0 saturated heterocycles. The van der Waals surface area contributed by atoms with Crippen LogP contribution >= 0.6 is 11.3 Å². The smallest absolute Gasteiger partial charge is 0.334 e. The molecule has 1 aromatic heterocycles. The van der Waals surface area contributed by atoms with E-state index in [0.717, 1.165) is 10.7 Å². The van der Waals surface area contributed by atoms with Gasteiger partial charge in [-0.15, -0.1) is 11.3 Å². The molecule has 0 spiro atoms. The van der Waals surface area contributed by atoms with Crippen molar-refractivity contribution in [3.8, 4) is 0 Å². The number of aliphatic carboxylic acids is 1. The molecule has 0 aliphatic carbocycles. The Labute approximate surface area is 101 Å². The molecule has 7 nitrogen and oxygen atoms in total. The van der Waals surface area contributed by atoms with Gasteiger partial charge in [0, 0.05) is 5.38 Å². The van der Waals surface area contributed by atoms with E-state index in [9.17, 15) is 9.59 Å². The predicted molar refractivity (Wildman–Crippen MR) is 60.7 cm³/mol. The van der Waals surface area contributed by atoms with Crippen LogP contribution in [0, 0.1) is 6.92 Å². The Balaban J connectivity index is 2.24. The molecular formula is C9H13N3O4S. The zero-order chi connectivity index (χ0) is 12.8. The van der Waals surface area contributed by atoms with Crippen molar-refractivity contribution in [2.24, 2.45) is 0 Å². The quantitative estimate of drug-likeness (QED) is 0.580. The van der Waals surface area contributed by atoms with Gasteiger partial charge in [0.25, 0.3) is 0 Å². The molecule has 0 saturated carbocycles. The van der Waals surface area contributed by atoms with E-state index < -0.39 is 18.1 Å². The standard InChI is InChI=1S/C9H13N3O4S/c1-5-12-6(4-17-5)2-10-9(16)11-3-7(13)8(14)15/h4,7,13H,2-3H2,1H3,(H,14,15)(H2,10,11,16). The monoisotopic (exact) mass is 259 g/mol. The zero-order valence-electron chi connectivity index (χ0n) is 9.14. The first kappa shape index (κ1) is 13.4. The lowest BCUT2D eigenvalue weighted by Crippen LogP contribution is -2.41. The SMILES string of the molecule is Cc1nc(CNC(=O)NCC(O)C(=O)O)cs1. The predicted octanol–water partition coefficient (Wildman–Crippen LogP) is -0.304. The van der Waals surface area contributed by atoms with E-state index in [1.807, 2.05) is 12.3 Å². The number of thiazole rings is 1. The highest BCUT2D eigenvalue weighted by Gasteiger charge is 2.13. The fourth-order valence-electron chi connectivity index (χ4n) is 0.999. The second kappa shape index (κ2) is 6.16. The summed E-state index contributed by atoms with van der Waals surface area (Å²) in [6.07, 6.45) is -1.60. The maximum absolute atomic E-state index is 11.2. The van der Waals surface area contributed by atoms with E-state index >= 15 is 0 Å². The van der Waals surface area contributed by atoms with Crippen LogP contribution in [0.3, 0.4) is 0 Å². The van der Waals surface area contributed by atoms with Gasteiger partial charge in [-0.2, -0.15) is 0 Å². The van der Waals surface area contributed by atoms with Crippen molar-refractivity contribution in [3.05, 3.63) is 16.1 Å². The molecule has 0 bridgehead atoms. The number of aliphatic hydroxyl groups is 1. The molecule has 0 radical (unpaired) electrons. The number of aryl methyl sites for hydroxylation is 1. The summed E-state index contributed by atoms with van der Waals surface area (Å²) in [6, 6.07) is -0.545. The number of carbonyl (C=O) groups excluding carboxylic acids is 1. The molecule has 2 amide bonds. The molecule has 1 aromatic rings. The molecule has 17 heavy (non-hydrogen) atoms. The largest absolute Gasteiger partial charge is 0.479 e. The number of amides is 2. The third-order valence-corrected chi connectivity index (χ3v) is 2.66. The van der Waals surface area contributed by atoms with E-state index in [-0.39, 0.29) is 13.1 Å². The molecule has 4 N–H and O–H groups in total. The molecule has 8 heteroatoms. The fourth-order valence-corrected chi connectivity index (χ4v) is 1.61. The van der Waals surface area contributed by atoms with Crippen molar-refractivity contribution < 1.29 is 19.8 Å². The number of carboxylic acid groups (broad SMARTS) is 1. The van der Waals surface area contributed by atoms with Gasteiger partial charge in [-0.3, -0.25) is 0 Å². The normalized spacial score (nSPS) is 11.9. The van der Waals surface area contributed by atoms with Crippen LogP contribution in [-0.4, -0.2) is 39.8 Å². The Kier molecular flexibility index (Phi) is 4.85. The first-order valence-corrected chi connectivity index (χ1v) is 5.70. The minimum atomic E-state index is -1.60. The maximum atomic E-state index is 11.2. The van der Waals surface area contributed by atoms with Gasteiger partial charge in [0.05, 0.1) is 23.8 Å². The van der Waals surface area contributed by atoms with Crippen LogP contribution in [0.15, 0.2) is 5.38 Å². The summed E-state index contributed by atoms with van der Waals surface area (Å²) < 4.78 is 0.